The van der Waals surface area contributed by atoms with Crippen molar-refractivity contribution < 1.29 is 28.6 Å². The predicted molar refractivity (Wildman–Crippen MR) is 269 cm³/mol. The summed E-state index contributed by atoms with van der Waals surface area (Å²) in [5, 5.41) is 0. The second kappa shape index (κ2) is 50.2. The lowest BCUT2D eigenvalue weighted by molar-refractivity contribution is -0.166. The van der Waals surface area contributed by atoms with E-state index in [0.717, 1.165) is 77.0 Å². The normalized spacial score (nSPS) is 13.3. The van der Waals surface area contributed by atoms with Crippen molar-refractivity contribution in [2.45, 2.75) is 194 Å². The first-order valence-electron chi connectivity index (χ1n) is 24.7. The average Bonchev–Trinajstić information content (AvgIpc) is 3.28. The lowest BCUT2D eigenvalue weighted by atomic mass is 10.1. The lowest BCUT2D eigenvalue weighted by Gasteiger charge is -2.18. The van der Waals surface area contributed by atoms with E-state index in [2.05, 4.69) is 142 Å². The molecule has 0 radical (unpaired) electrons. The van der Waals surface area contributed by atoms with Gasteiger partial charge in [-0.2, -0.15) is 0 Å². The Morgan fingerprint density at radius 3 is 1.08 bits per heavy atom. The van der Waals surface area contributed by atoms with Crippen molar-refractivity contribution in [2.24, 2.45) is 0 Å². The number of ether oxygens (including phenoxy) is 3. The topological polar surface area (TPSA) is 78.9 Å². The summed E-state index contributed by atoms with van der Waals surface area (Å²) >= 11 is 0. The number of carbonyl (C=O) groups excluding carboxylic acids is 3. The summed E-state index contributed by atoms with van der Waals surface area (Å²) in [5.41, 5.74) is 0. The van der Waals surface area contributed by atoms with Crippen LogP contribution in [-0.4, -0.2) is 37.2 Å². The molecule has 0 aliphatic heterocycles. The summed E-state index contributed by atoms with van der Waals surface area (Å²) in [4.78, 5) is 37.8. The van der Waals surface area contributed by atoms with E-state index in [1.807, 2.05) is 12.2 Å². The zero-order valence-corrected chi connectivity index (χ0v) is 40.0. The fourth-order valence-corrected chi connectivity index (χ4v) is 5.93. The molecule has 6 heteroatoms. The van der Waals surface area contributed by atoms with Gasteiger partial charge in [-0.25, -0.2) is 0 Å². The molecule has 0 aromatic heterocycles. The molecule has 0 heterocycles. The van der Waals surface area contributed by atoms with Gasteiger partial charge in [0.05, 0.1) is 0 Å². The van der Waals surface area contributed by atoms with Gasteiger partial charge in [0, 0.05) is 19.3 Å². The molecule has 6 nitrogen and oxygen atoms in total. The Morgan fingerprint density at radius 1 is 0.333 bits per heavy atom. The van der Waals surface area contributed by atoms with E-state index < -0.39 is 12.1 Å². The third kappa shape index (κ3) is 48.4. The zero-order chi connectivity index (χ0) is 45.8. The molecule has 0 rings (SSSR count). The number of hydrogen-bond donors (Lipinski definition) is 0. The number of hydrogen-bond acceptors (Lipinski definition) is 6. The minimum Gasteiger partial charge on any atom is -0.462 e. The maximum atomic E-state index is 12.7. The van der Waals surface area contributed by atoms with Crippen LogP contribution in [0.2, 0.25) is 0 Å². The van der Waals surface area contributed by atoms with Crippen LogP contribution in [0.1, 0.15) is 188 Å². The smallest absolute Gasteiger partial charge is 0.306 e. The molecule has 0 spiro atoms. The van der Waals surface area contributed by atoms with E-state index in [1.165, 1.54) is 51.4 Å². The van der Waals surface area contributed by atoms with Crippen molar-refractivity contribution in [1.29, 1.82) is 0 Å². The quantitative estimate of drug-likeness (QED) is 0.0263. The fraction of sp³-hybridized carbons (Fsp3) is 0.561. The molecule has 0 amide bonds. The van der Waals surface area contributed by atoms with Crippen LogP contribution in [0, 0.1) is 0 Å². The fourth-order valence-electron chi connectivity index (χ4n) is 5.93. The van der Waals surface area contributed by atoms with Gasteiger partial charge in [0.25, 0.3) is 0 Å². The highest BCUT2D eigenvalue weighted by Gasteiger charge is 2.19. The summed E-state index contributed by atoms with van der Waals surface area (Å²) in [7, 11) is 0. The summed E-state index contributed by atoms with van der Waals surface area (Å²) in [6.07, 6.45) is 70.3. The van der Waals surface area contributed by atoms with E-state index >= 15 is 0 Å². The van der Waals surface area contributed by atoms with Crippen LogP contribution >= 0.6 is 0 Å². The van der Waals surface area contributed by atoms with Gasteiger partial charge in [0.15, 0.2) is 6.10 Å². The Labute approximate surface area is 385 Å². The zero-order valence-electron chi connectivity index (χ0n) is 40.0. The molecule has 1 atom stereocenters. The van der Waals surface area contributed by atoms with E-state index in [-0.39, 0.29) is 44.4 Å². The first-order chi connectivity index (χ1) is 31.0. The molecule has 0 N–H and O–H groups in total. The summed E-state index contributed by atoms with van der Waals surface area (Å²) < 4.78 is 16.6. The van der Waals surface area contributed by atoms with E-state index in [9.17, 15) is 14.4 Å². The molecular formula is C57H88O6. The Kier molecular flexibility index (Phi) is 46.7. The highest BCUT2D eigenvalue weighted by atomic mass is 16.6. The standard InChI is InChI=1S/C57H88O6/c1-4-7-10-13-16-19-21-23-25-27-28-30-31-33-35-38-41-44-47-50-56(59)62-53-54(52-61-55(58)49-46-43-40-37-18-15-12-9-6-3)63-57(60)51-48-45-42-39-36-34-32-29-26-24-22-20-17-14-11-8-5-2/h7,10,16-17,19-20,23-26,28,30,32-35,37,39-42,44,54H,4-6,8-9,11-15,18,21-22,27,29,31,36,38,43,45-53H2,1-3H3/b10-7-,19-16-,20-17-,25-23-,26-24-,30-28-,34-32-,35-33-,40-37-,42-39-,44-41-. The molecule has 1 unspecified atom stereocenters. The number of allylic oxidation sites excluding steroid dienone is 22. The highest BCUT2D eigenvalue weighted by Crippen LogP contribution is 2.09. The molecule has 0 aromatic carbocycles. The van der Waals surface area contributed by atoms with Gasteiger partial charge < -0.3 is 14.2 Å². The number of carbonyl (C=O) groups is 3. The van der Waals surface area contributed by atoms with E-state index in [4.69, 9.17) is 14.2 Å². The Hall–Kier alpha value is -4.45. The van der Waals surface area contributed by atoms with Gasteiger partial charge in [-0.1, -0.05) is 187 Å². The van der Waals surface area contributed by atoms with Crippen molar-refractivity contribution in [3.05, 3.63) is 134 Å². The third-order valence-electron chi connectivity index (χ3n) is 9.62. The lowest BCUT2D eigenvalue weighted by Crippen LogP contribution is -2.30. The Morgan fingerprint density at radius 2 is 0.651 bits per heavy atom. The molecule has 0 saturated heterocycles. The largest absolute Gasteiger partial charge is 0.462 e. The number of esters is 3. The molecule has 0 aliphatic carbocycles. The highest BCUT2D eigenvalue weighted by molar-refractivity contribution is 5.71. The molecule has 0 fully saturated rings. The molecule has 352 valence electrons. The number of unbranched alkanes of at least 4 members (excludes halogenated alkanes) is 9. The van der Waals surface area contributed by atoms with Crippen LogP contribution in [0.25, 0.3) is 0 Å². The van der Waals surface area contributed by atoms with Crippen molar-refractivity contribution in [3.63, 3.8) is 0 Å². The molecule has 0 aliphatic rings. The van der Waals surface area contributed by atoms with Crippen LogP contribution < -0.4 is 0 Å². The van der Waals surface area contributed by atoms with Crippen molar-refractivity contribution >= 4 is 17.9 Å². The van der Waals surface area contributed by atoms with Gasteiger partial charge in [-0.15, -0.1) is 0 Å². The van der Waals surface area contributed by atoms with Crippen LogP contribution in [0.4, 0.5) is 0 Å². The van der Waals surface area contributed by atoms with Gasteiger partial charge in [0.2, 0.25) is 0 Å². The average molecular weight is 869 g/mol. The van der Waals surface area contributed by atoms with Gasteiger partial charge in [0.1, 0.15) is 13.2 Å². The summed E-state index contributed by atoms with van der Waals surface area (Å²) in [6, 6.07) is 0. The first-order valence-corrected chi connectivity index (χ1v) is 24.7. The second-order valence-electron chi connectivity index (χ2n) is 15.6. The molecule has 0 aromatic rings. The maximum Gasteiger partial charge on any atom is 0.306 e. The Balaban J connectivity index is 4.60. The van der Waals surface area contributed by atoms with Gasteiger partial charge >= 0.3 is 17.9 Å². The second-order valence-corrected chi connectivity index (χ2v) is 15.6. The molecule has 0 bridgehead atoms. The van der Waals surface area contributed by atoms with Crippen molar-refractivity contribution in [1.82, 2.24) is 0 Å². The maximum absolute atomic E-state index is 12.7. The minimum absolute atomic E-state index is 0.143. The molecular weight excluding hydrogens is 781 g/mol. The summed E-state index contributed by atoms with van der Waals surface area (Å²) in [6.45, 7) is 6.29. The van der Waals surface area contributed by atoms with E-state index in [1.54, 1.807) is 0 Å². The van der Waals surface area contributed by atoms with Crippen molar-refractivity contribution in [3.8, 4) is 0 Å². The SMILES string of the molecule is CC/C=C\C/C=C\C/C=C\C/C=C\C/C=C\C/C=C\CCC(=O)OCC(COC(=O)CCC/C=C\CCCCCC)OC(=O)CCC/C=C\C/C=C\C/C=C\C/C=C\CCCCC. The predicted octanol–water partition coefficient (Wildman–Crippen LogP) is 16.3. The van der Waals surface area contributed by atoms with Crippen LogP contribution in [0.5, 0.6) is 0 Å². The van der Waals surface area contributed by atoms with Crippen LogP contribution in [0.3, 0.4) is 0 Å². The Bertz CT molecular complexity index is 1420. The third-order valence-corrected chi connectivity index (χ3v) is 9.62. The monoisotopic (exact) mass is 869 g/mol. The van der Waals surface area contributed by atoms with Crippen LogP contribution in [0.15, 0.2) is 134 Å². The molecule has 63 heavy (non-hydrogen) atoms. The van der Waals surface area contributed by atoms with Gasteiger partial charge in [-0.3, -0.25) is 14.4 Å². The van der Waals surface area contributed by atoms with E-state index in [0.29, 0.717) is 19.3 Å². The molecule has 0 saturated carbocycles. The van der Waals surface area contributed by atoms with Gasteiger partial charge in [-0.05, 0) is 116 Å². The number of rotatable bonds is 42. The van der Waals surface area contributed by atoms with Crippen molar-refractivity contribution in [2.75, 3.05) is 13.2 Å². The summed E-state index contributed by atoms with van der Waals surface area (Å²) in [5.74, 6) is -1.13. The van der Waals surface area contributed by atoms with Crippen LogP contribution in [-0.2, 0) is 28.6 Å². The minimum atomic E-state index is -0.851. The first kappa shape index (κ1) is 58.6.